The number of nitrogens with zero attached hydrogens (tertiary/aromatic N) is 1. The van der Waals surface area contributed by atoms with Crippen LogP contribution < -0.4 is 5.32 Å². The van der Waals surface area contributed by atoms with Crippen LogP contribution in [0, 0.1) is 5.92 Å². The molecule has 3 rings (SSSR count). The summed E-state index contributed by atoms with van der Waals surface area (Å²) in [5.41, 5.74) is 1.16. The van der Waals surface area contributed by atoms with Gasteiger partial charge in [-0.2, -0.15) is 0 Å². The molecule has 1 fully saturated rings. The number of amides is 1. The second-order valence-corrected chi connectivity index (χ2v) is 6.88. The number of benzene rings is 2. The predicted molar refractivity (Wildman–Crippen MR) is 95.3 cm³/mol. The molecule has 2 aromatic carbocycles. The first-order valence-electron chi connectivity index (χ1n) is 8.62. The van der Waals surface area contributed by atoms with E-state index in [1.54, 1.807) is 0 Å². The van der Waals surface area contributed by atoms with Crippen LogP contribution in [-0.4, -0.2) is 30.4 Å². The Morgan fingerprint density at radius 1 is 1.26 bits per heavy atom. The third-order valence-corrected chi connectivity index (χ3v) is 4.76. The van der Waals surface area contributed by atoms with E-state index in [1.165, 1.54) is 23.6 Å². The first-order chi connectivity index (χ1) is 11.1. The Kier molecular flexibility index (Phi) is 4.97. The molecule has 0 aromatic heterocycles. The Morgan fingerprint density at radius 2 is 2.04 bits per heavy atom. The van der Waals surface area contributed by atoms with Gasteiger partial charge in [0.05, 0.1) is 12.6 Å². The average molecular weight is 310 g/mol. The van der Waals surface area contributed by atoms with Gasteiger partial charge in [-0.25, -0.2) is 0 Å². The summed E-state index contributed by atoms with van der Waals surface area (Å²) in [6, 6.07) is 14.8. The lowest BCUT2D eigenvalue weighted by Crippen LogP contribution is -2.42. The summed E-state index contributed by atoms with van der Waals surface area (Å²) in [4.78, 5) is 14.6. The zero-order valence-corrected chi connectivity index (χ0v) is 14.1. The van der Waals surface area contributed by atoms with Crippen molar-refractivity contribution in [2.45, 2.75) is 32.7 Å². The minimum atomic E-state index is 0.0364. The molecule has 1 amide bonds. The van der Waals surface area contributed by atoms with Gasteiger partial charge in [-0.05, 0) is 54.6 Å². The maximum atomic E-state index is 12.3. The minimum absolute atomic E-state index is 0.0364. The fourth-order valence-electron chi connectivity index (χ4n) is 3.48. The summed E-state index contributed by atoms with van der Waals surface area (Å²) < 4.78 is 0. The highest BCUT2D eigenvalue weighted by molar-refractivity contribution is 5.83. The van der Waals surface area contributed by atoms with Crippen molar-refractivity contribution in [3.05, 3.63) is 48.0 Å². The fourth-order valence-corrected chi connectivity index (χ4v) is 3.48. The van der Waals surface area contributed by atoms with Crippen LogP contribution in [0.5, 0.6) is 0 Å². The molecule has 23 heavy (non-hydrogen) atoms. The number of rotatable bonds is 4. The van der Waals surface area contributed by atoms with Gasteiger partial charge in [0.1, 0.15) is 0 Å². The van der Waals surface area contributed by atoms with Crippen LogP contribution in [0.2, 0.25) is 0 Å². The number of fused-ring (bicyclic) bond motifs is 1. The molecule has 1 heterocycles. The molecule has 2 atom stereocenters. The third-order valence-electron chi connectivity index (χ3n) is 4.76. The molecule has 0 aliphatic carbocycles. The van der Waals surface area contributed by atoms with E-state index >= 15 is 0 Å². The van der Waals surface area contributed by atoms with Crippen molar-refractivity contribution >= 4 is 16.7 Å². The lowest BCUT2D eigenvalue weighted by atomic mass is 10.0. The van der Waals surface area contributed by atoms with E-state index in [-0.39, 0.29) is 11.9 Å². The highest BCUT2D eigenvalue weighted by atomic mass is 16.2. The van der Waals surface area contributed by atoms with Crippen LogP contribution in [0.15, 0.2) is 42.5 Å². The number of likely N-dealkylation sites (tertiary alicyclic amines) is 1. The maximum Gasteiger partial charge on any atom is 0.234 e. The summed E-state index contributed by atoms with van der Waals surface area (Å²) in [5, 5.41) is 5.59. The van der Waals surface area contributed by atoms with Gasteiger partial charge in [0, 0.05) is 6.54 Å². The van der Waals surface area contributed by atoms with Crippen molar-refractivity contribution in [1.82, 2.24) is 10.2 Å². The molecular formula is C20H26N2O. The number of hydrogen-bond acceptors (Lipinski definition) is 2. The van der Waals surface area contributed by atoms with Crippen molar-refractivity contribution in [3.8, 4) is 0 Å². The van der Waals surface area contributed by atoms with Crippen molar-refractivity contribution < 1.29 is 4.79 Å². The number of carbonyl (C=O) groups excluding carboxylic acids is 1. The molecule has 0 spiro atoms. The molecule has 3 heteroatoms. The molecule has 3 nitrogen and oxygen atoms in total. The molecule has 0 bridgehead atoms. The topological polar surface area (TPSA) is 32.3 Å². The Bertz CT molecular complexity index is 682. The monoisotopic (exact) mass is 310 g/mol. The van der Waals surface area contributed by atoms with Crippen LogP contribution in [-0.2, 0) is 4.79 Å². The van der Waals surface area contributed by atoms with E-state index in [2.05, 4.69) is 54.4 Å². The van der Waals surface area contributed by atoms with Crippen LogP contribution in [0.25, 0.3) is 10.8 Å². The van der Waals surface area contributed by atoms with Gasteiger partial charge in [0.2, 0.25) is 5.91 Å². The van der Waals surface area contributed by atoms with E-state index in [0.717, 1.165) is 18.7 Å². The molecule has 0 saturated carbocycles. The normalized spacial score (nSPS) is 20.3. The SMILES string of the molecule is CC1CCCN(CC(=O)NC(C)c2ccc3ccccc3c2)C1. The van der Waals surface area contributed by atoms with E-state index in [1.807, 2.05) is 12.1 Å². The molecule has 2 aromatic rings. The quantitative estimate of drug-likeness (QED) is 0.933. The standard InChI is InChI=1S/C20H26N2O/c1-15-6-5-11-22(13-15)14-20(23)21-16(2)18-10-9-17-7-3-4-8-19(17)12-18/h3-4,7-10,12,15-16H,5-6,11,13-14H2,1-2H3,(H,21,23). The van der Waals surface area contributed by atoms with Gasteiger partial charge in [0.15, 0.2) is 0 Å². The third kappa shape index (κ3) is 4.11. The highest BCUT2D eigenvalue weighted by Gasteiger charge is 2.19. The van der Waals surface area contributed by atoms with Crippen LogP contribution >= 0.6 is 0 Å². The van der Waals surface area contributed by atoms with E-state index in [0.29, 0.717) is 12.5 Å². The zero-order valence-electron chi connectivity index (χ0n) is 14.1. The van der Waals surface area contributed by atoms with Crippen LogP contribution in [0.3, 0.4) is 0 Å². The number of hydrogen-bond donors (Lipinski definition) is 1. The molecule has 1 aliphatic rings. The Balaban J connectivity index is 1.60. The van der Waals surface area contributed by atoms with Crippen molar-refractivity contribution in [2.75, 3.05) is 19.6 Å². The van der Waals surface area contributed by atoms with Gasteiger partial charge in [-0.15, -0.1) is 0 Å². The molecule has 1 saturated heterocycles. The van der Waals surface area contributed by atoms with Gasteiger partial charge in [-0.1, -0.05) is 43.3 Å². The second-order valence-electron chi connectivity index (χ2n) is 6.88. The fraction of sp³-hybridized carbons (Fsp3) is 0.450. The molecule has 1 aliphatic heterocycles. The molecule has 1 N–H and O–H groups in total. The Hall–Kier alpha value is -1.87. The van der Waals surface area contributed by atoms with E-state index in [9.17, 15) is 4.79 Å². The zero-order chi connectivity index (χ0) is 16.2. The molecule has 2 unspecified atom stereocenters. The van der Waals surface area contributed by atoms with Gasteiger partial charge >= 0.3 is 0 Å². The number of nitrogens with one attached hydrogen (secondary N) is 1. The first-order valence-corrected chi connectivity index (χ1v) is 8.62. The van der Waals surface area contributed by atoms with Crippen molar-refractivity contribution in [2.24, 2.45) is 5.92 Å². The molecule has 0 radical (unpaired) electrons. The minimum Gasteiger partial charge on any atom is -0.348 e. The van der Waals surface area contributed by atoms with Crippen molar-refractivity contribution in [1.29, 1.82) is 0 Å². The molecular weight excluding hydrogens is 284 g/mol. The maximum absolute atomic E-state index is 12.3. The van der Waals surface area contributed by atoms with Crippen molar-refractivity contribution in [3.63, 3.8) is 0 Å². The van der Waals surface area contributed by atoms with E-state index in [4.69, 9.17) is 0 Å². The summed E-state index contributed by atoms with van der Waals surface area (Å²) >= 11 is 0. The van der Waals surface area contributed by atoms with E-state index < -0.39 is 0 Å². The van der Waals surface area contributed by atoms with Gasteiger partial charge in [0.25, 0.3) is 0 Å². The van der Waals surface area contributed by atoms with Gasteiger partial charge in [-0.3, -0.25) is 9.69 Å². The summed E-state index contributed by atoms with van der Waals surface area (Å²) in [5.74, 6) is 0.828. The first kappa shape index (κ1) is 16.0. The van der Waals surface area contributed by atoms with Crippen LogP contribution in [0.1, 0.15) is 38.3 Å². The van der Waals surface area contributed by atoms with Crippen LogP contribution in [0.4, 0.5) is 0 Å². The highest BCUT2D eigenvalue weighted by Crippen LogP contribution is 2.20. The largest absolute Gasteiger partial charge is 0.348 e. The summed E-state index contributed by atoms with van der Waals surface area (Å²) in [6.07, 6.45) is 2.49. The Labute approximate surface area is 138 Å². The lowest BCUT2D eigenvalue weighted by Gasteiger charge is -2.30. The Morgan fingerprint density at radius 3 is 2.83 bits per heavy atom. The summed E-state index contributed by atoms with van der Waals surface area (Å²) in [6.45, 7) is 6.92. The van der Waals surface area contributed by atoms with Gasteiger partial charge < -0.3 is 5.32 Å². The average Bonchev–Trinajstić information content (AvgIpc) is 2.54. The number of piperidine rings is 1. The molecule has 122 valence electrons. The predicted octanol–water partition coefficient (Wildman–Crippen LogP) is 3.75. The smallest absolute Gasteiger partial charge is 0.234 e. The lowest BCUT2D eigenvalue weighted by molar-refractivity contribution is -0.123. The second kappa shape index (κ2) is 7.14. The summed E-state index contributed by atoms with van der Waals surface area (Å²) in [7, 11) is 0. The number of carbonyl (C=O) groups is 1.